The van der Waals surface area contributed by atoms with Gasteiger partial charge in [0.2, 0.25) is 0 Å². The number of nitrogens with zero attached hydrogens (tertiary/aromatic N) is 2. The zero-order valence-corrected chi connectivity index (χ0v) is 11.5. The van der Waals surface area contributed by atoms with E-state index in [9.17, 15) is 8.42 Å². The van der Waals surface area contributed by atoms with Crippen molar-refractivity contribution in [3.63, 3.8) is 0 Å². The minimum atomic E-state index is -3.26. The summed E-state index contributed by atoms with van der Waals surface area (Å²) in [6.07, 6.45) is 2.76. The number of hydrogen-bond donors (Lipinski definition) is 1. The molecule has 5 nitrogen and oxygen atoms in total. The molecule has 96 valence electrons. The third-order valence-electron chi connectivity index (χ3n) is 2.51. The summed E-state index contributed by atoms with van der Waals surface area (Å²) in [5.74, 6) is 0. The van der Waals surface area contributed by atoms with E-state index in [1.165, 1.54) is 16.8 Å². The van der Waals surface area contributed by atoms with Crippen molar-refractivity contribution in [2.45, 2.75) is 11.8 Å². The number of halogens is 1. The third-order valence-corrected chi connectivity index (χ3v) is 3.99. The lowest BCUT2D eigenvalue weighted by Gasteiger charge is -2.07. The second-order valence-electron chi connectivity index (χ2n) is 4.00. The van der Waals surface area contributed by atoms with Crippen LogP contribution in [0.2, 0.25) is 5.02 Å². The molecule has 1 aromatic heterocycles. The van der Waals surface area contributed by atoms with Gasteiger partial charge in [-0.05, 0) is 25.1 Å². The summed E-state index contributed by atoms with van der Waals surface area (Å²) < 4.78 is 24.3. The van der Waals surface area contributed by atoms with E-state index in [4.69, 9.17) is 17.3 Å². The molecule has 0 saturated carbocycles. The molecule has 2 rings (SSSR count). The van der Waals surface area contributed by atoms with Crippen LogP contribution in [0.5, 0.6) is 0 Å². The summed E-state index contributed by atoms with van der Waals surface area (Å²) in [6.45, 7) is 1.78. The van der Waals surface area contributed by atoms with Gasteiger partial charge in [0, 0.05) is 12.5 Å². The second-order valence-corrected chi connectivity index (χ2v) is 6.42. The van der Waals surface area contributed by atoms with Crippen molar-refractivity contribution in [1.29, 1.82) is 0 Å². The summed E-state index contributed by atoms with van der Waals surface area (Å²) in [6, 6.07) is 4.51. The zero-order valence-electron chi connectivity index (χ0n) is 9.88. The number of nitrogens with two attached hydrogens (primary N) is 1. The van der Waals surface area contributed by atoms with Gasteiger partial charge in [0.25, 0.3) is 0 Å². The van der Waals surface area contributed by atoms with E-state index >= 15 is 0 Å². The van der Waals surface area contributed by atoms with Crippen LogP contribution < -0.4 is 5.73 Å². The molecule has 1 heterocycles. The first kappa shape index (κ1) is 12.9. The first-order valence-corrected chi connectivity index (χ1v) is 7.37. The normalized spacial score (nSPS) is 11.7. The smallest absolute Gasteiger partial charge is 0.175 e. The predicted molar refractivity (Wildman–Crippen MR) is 70.8 cm³/mol. The van der Waals surface area contributed by atoms with E-state index < -0.39 is 9.84 Å². The summed E-state index contributed by atoms with van der Waals surface area (Å²) >= 11 is 5.92. The maximum absolute atomic E-state index is 11.4. The van der Waals surface area contributed by atoms with Gasteiger partial charge in [0.15, 0.2) is 9.84 Å². The monoisotopic (exact) mass is 285 g/mol. The zero-order chi connectivity index (χ0) is 13.5. The van der Waals surface area contributed by atoms with Crippen LogP contribution >= 0.6 is 11.6 Å². The Morgan fingerprint density at radius 1 is 1.39 bits per heavy atom. The van der Waals surface area contributed by atoms with Crippen molar-refractivity contribution in [3.05, 3.63) is 35.1 Å². The van der Waals surface area contributed by atoms with E-state index in [0.29, 0.717) is 22.1 Å². The van der Waals surface area contributed by atoms with Crippen LogP contribution in [-0.4, -0.2) is 24.5 Å². The van der Waals surface area contributed by atoms with Gasteiger partial charge in [-0.15, -0.1) is 0 Å². The number of aromatic nitrogens is 2. The first-order chi connectivity index (χ1) is 8.29. The molecule has 0 amide bonds. The fraction of sp³-hybridized carbons (Fsp3) is 0.182. The van der Waals surface area contributed by atoms with Crippen LogP contribution in [0.15, 0.2) is 29.3 Å². The molecule has 0 atom stereocenters. The lowest BCUT2D eigenvalue weighted by atomic mass is 10.3. The van der Waals surface area contributed by atoms with Crippen LogP contribution in [-0.2, 0) is 9.84 Å². The minimum absolute atomic E-state index is 0.179. The van der Waals surface area contributed by atoms with Gasteiger partial charge in [-0.3, -0.25) is 0 Å². The van der Waals surface area contributed by atoms with E-state index in [1.54, 1.807) is 19.2 Å². The van der Waals surface area contributed by atoms with Gasteiger partial charge in [0.1, 0.15) is 0 Å². The van der Waals surface area contributed by atoms with Crippen molar-refractivity contribution < 1.29 is 8.42 Å². The van der Waals surface area contributed by atoms with Gasteiger partial charge in [-0.1, -0.05) is 11.6 Å². The summed E-state index contributed by atoms with van der Waals surface area (Å²) in [7, 11) is -3.26. The molecule has 0 bridgehead atoms. The van der Waals surface area contributed by atoms with Crippen molar-refractivity contribution in [3.8, 4) is 5.69 Å². The minimum Gasteiger partial charge on any atom is -0.397 e. The molecular weight excluding hydrogens is 274 g/mol. The van der Waals surface area contributed by atoms with Crippen molar-refractivity contribution in [1.82, 2.24) is 9.78 Å². The molecule has 0 spiro atoms. The molecule has 0 radical (unpaired) electrons. The average molecular weight is 286 g/mol. The Labute approximate surface area is 110 Å². The molecule has 0 aliphatic carbocycles. The van der Waals surface area contributed by atoms with Gasteiger partial charge < -0.3 is 5.73 Å². The van der Waals surface area contributed by atoms with E-state index in [1.807, 2.05) is 0 Å². The lowest BCUT2D eigenvalue weighted by Crippen LogP contribution is -2.04. The molecule has 7 heteroatoms. The van der Waals surface area contributed by atoms with Gasteiger partial charge >= 0.3 is 0 Å². The standard InChI is InChI=1S/C11H12ClN3O2S/c1-7-9(12)6-15(14-7)11-4-3-8(5-10(11)13)18(2,16)17/h3-6H,13H2,1-2H3. The Hall–Kier alpha value is -1.53. The number of nitrogen functional groups attached to an aromatic ring is 1. The molecule has 1 aromatic carbocycles. The second kappa shape index (κ2) is 4.29. The number of sulfone groups is 1. The Morgan fingerprint density at radius 3 is 2.50 bits per heavy atom. The average Bonchev–Trinajstić information content (AvgIpc) is 2.57. The fourth-order valence-corrected chi connectivity index (χ4v) is 2.32. The summed E-state index contributed by atoms with van der Waals surface area (Å²) in [4.78, 5) is 0.179. The molecule has 2 N–H and O–H groups in total. The quantitative estimate of drug-likeness (QED) is 0.854. The maximum atomic E-state index is 11.4. The molecule has 2 aromatic rings. The summed E-state index contributed by atoms with van der Waals surface area (Å²) in [5, 5.41) is 4.72. The summed E-state index contributed by atoms with van der Waals surface area (Å²) in [5.41, 5.74) is 7.45. The van der Waals surface area contributed by atoms with E-state index in [2.05, 4.69) is 5.10 Å². The van der Waals surface area contributed by atoms with Gasteiger partial charge in [-0.25, -0.2) is 13.1 Å². The Morgan fingerprint density at radius 2 is 2.06 bits per heavy atom. The highest BCUT2D eigenvalue weighted by atomic mass is 35.5. The van der Waals surface area contributed by atoms with Gasteiger partial charge in [-0.2, -0.15) is 5.10 Å². The molecule has 0 fully saturated rings. The molecule has 0 aliphatic rings. The largest absolute Gasteiger partial charge is 0.397 e. The number of aryl methyl sites for hydroxylation is 1. The van der Waals surface area contributed by atoms with E-state index in [-0.39, 0.29) is 4.90 Å². The van der Waals surface area contributed by atoms with Crippen LogP contribution in [0, 0.1) is 6.92 Å². The number of anilines is 1. The van der Waals surface area contributed by atoms with E-state index in [0.717, 1.165) is 6.26 Å². The van der Waals surface area contributed by atoms with Crippen LogP contribution in [0.1, 0.15) is 5.69 Å². The Bertz CT molecular complexity index is 688. The SMILES string of the molecule is Cc1nn(-c2ccc(S(C)(=O)=O)cc2N)cc1Cl. The Balaban J connectivity index is 2.54. The van der Waals surface area contributed by atoms with Crippen molar-refractivity contribution >= 4 is 27.1 Å². The molecule has 0 aliphatic heterocycles. The molecule has 0 unspecified atom stereocenters. The number of rotatable bonds is 2. The highest BCUT2D eigenvalue weighted by Gasteiger charge is 2.12. The topological polar surface area (TPSA) is 78.0 Å². The lowest BCUT2D eigenvalue weighted by molar-refractivity contribution is 0.602. The molecular formula is C11H12ClN3O2S. The van der Waals surface area contributed by atoms with Crippen LogP contribution in [0.25, 0.3) is 5.69 Å². The number of hydrogen-bond acceptors (Lipinski definition) is 4. The highest BCUT2D eigenvalue weighted by Crippen LogP contribution is 2.23. The third kappa shape index (κ3) is 2.34. The maximum Gasteiger partial charge on any atom is 0.175 e. The van der Waals surface area contributed by atoms with Crippen LogP contribution in [0.4, 0.5) is 5.69 Å². The molecule has 0 saturated heterocycles. The Kier molecular flexibility index (Phi) is 3.08. The fourth-order valence-electron chi connectivity index (χ4n) is 1.53. The molecule has 18 heavy (non-hydrogen) atoms. The van der Waals surface area contributed by atoms with Crippen molar-refractivity contribution in [2.75, 3.05) is 12.0 Å². The highest BCUT2D eigenvalue weighted by molar-refractivity contribution is 7.90. The predicted octanol–water partition coefficient (Wildman–Crippen LogP) is 1.82. The van der Waals surface area contributed by atoms with Gasteiger partial charge in [0.05, 0.1) is 27.0 Å². The van der Waals surface area contributed by atoms with Crippen LogP contribution in [0.3, 0.4) is 0 Å². The first-order valence-electron chi connectivity index (χ1n) is 5.11. The van der Waals surface area contributed by atoms with Crippen molar-refractivity contribution in [2.24, 2.45) is 0 Å². The number of benzene rings is 1.